The first-order chi connectivity index (χ1) is 10.8. The minimum Gasteiger partial charge on any atom is -0.481 e. The Kier molecular flexibility index (Phi) is 7.18. The van der Waals surface area contributed by atoms with Crippen molar-refractivity contribution in [3.63, 3.8) is 0 Å². The summed E-state index contributed by atoms with van der Waals surface area (Å²) < 4.78 is 25.2. The molecule has 0 aromatic heterocycles. The van der Waals surface area contributed by atoms with Crippen LogP contribution in [-0.2, 0) is 26.0 Å². The highest BCUT2D eigenvalue weighted by molar-refractivity contribution is 7.89. The van der Waals surface area contributed by atoms with Gasteiger partial charge < -0.3 is 10.4 Å². The van der Waals surface area contributed by atoms with Crippen LogP contribution in [0.15, 0.2) is 24.3 Å². The van der Waals surface area contributed by atoms with Gasteiger partial charge in [0.05, 0.1) is 0 Å². The SMILES string of the molecule is CCN(CC)S(=O)(=O)CC(=O)Nc1ccc(CCC(=O)O)cc1. The zero-order valence-corrected chi connectivity index (χ0v) is 14.1. The summed E-state index contributed by atoms with van der Waals surface area (Å²) in [4.78, 5) is 22.4. The van der Waals surface area contributed by atoms with Gasteiger partial charge in [-0.3, -0.25) is 9.59 Å². The van der Waals surface area contributed by atoms with E-state index in [9.17, 15) is 18.0 Å². The Balaban J connectivity index is 2.62. The van der Waals surface area contributed by atoms with Gasteiger partial charge in [0.2, 0.25) is 15.9 Å². The number of nitrogens with zero attached hydrogens (tertiary/aromatic N) is 1. The molecule has 2 N–H and O–H groups in total. The van der Waals surface area contributed by atoms with E-state index in [4.69, 9.17) is 5.11 Å². The van der Waals surface area contributed by atoms with Crippen molar-refractivity contribution in [2.24, 2.45) is 0 Å². The summed E-state index contributed by atoms with van der Waals surface area (Å²) in [6, 6.07) is 6.66. The molecule has 0 fully saturated rings. The van der Waals surface area contributed by atoms with Crippen LogP contribution in [0.2, 0.25) is 0 Å². The first-order valence-corrected chi connectivity index (χ1v) is 8.97. The molecule has 0 spiro atoms. The lowest BCUT2D eigenvalue weighted by atomic mass is 10.1. The number of anilines is 1. The summed E-state index contributed by atoms with van der Waals surface area (Å²) in [5.74, 6) is -2.07. The molecule has 0 bridgehead atoms. The molecule has 1 aromatic carbocycles. The molecular formula is C15H22N2O5S. The maximum absolute atomic E-state index is 12.0. The van der Waals surface area contributed by atoms with Crippen molar-refractivity contribution < 1.29 is 23.1 Å². The number of nitrogens with one attached hydrogen (secondary N) is 1. The second-order valence-corrected chi connectivity index (χ2v) is 6.95. The highest BCUT2D eigenvalue weighted by atomic mass is 32.2. The fraction of sp³-hybridized carbons (Fsp3) is 0.467. The van der Waals surface area contributed by atoms with Gasteiger partial charge >= 0.3 is 5.97 Å². The summed E-state index contributed by atoms with van der Waals surface area (Å²) >= 11 is 0. The maximum atomic E-state index is 12.0. The molecule has 1 aromatic rings. The molecule has 0 aliphatic carbocycles. The van der Waals surface area contributed by atoms with Crippen molar-refractivity contribution in [2.45, 2.75) is 26.7 Å². The third-order valence-corrected chi connectivity index (χ3v) is 5.21. The van der Waals surface area contributed by atoms with Crippen molar-refractivity contribution in [3.8, 4) is 0 Å². The normalized spacial score (nSPS) is 11.4. The molecule has 0 radical (unpaired) electrons. The molecule has 0 unspecified atom stereocenters. The van der Waals surface area contributed by atoms with E-state index < -0.39 is 27.7 Å². The molecule has 0 aliphatic heterocycles. The molecular weight excluding hydrogens is 320 g/mol. The number of benzene rings is 1. The summed E-state index contributed by atoms with van der Waals surface area (Å²) in [5.41, 5.74) is 1.31. The number of hydrogen-bond acceptors (Lipinski definition) is 4. The van der Waals surface area contributed by atoms with E-state index in [1.54, 1.807) is 38.1 Å². The average molecular weight is 342 g/mol. The number of carboxylic acid groups (broad SMARTS) is 1. The lowest BCUT2D eigenvalue weighted by molar-refractivity contribution is -0.137. The van der Waals surface area contributed by atoms with Gasteiger partial charge in [0, 0.05) is 25.2 Å². The van der Waals surface area contributed by atoms with Crippen molar-refractivity contribution in [1.29, 1.82) is 0 Å². The van der Waals surface area contributed by atoms with Gasteiger partial charge in [0.25, 0.3) is 0 Å². The predicted octanol–water partition coefficient (Wildman–Crippen LogP) is 1.31. The van der Waals surface area contributed by atoms with E-state index in [1.807, 2.05) is 0 Å². The third kappa shape index (κ3) is 6.37. The van der Waals surface area contributed by atoms with Gasteiger partial charge in [0.15, 0.2) is 0 Å². The average Bonchev–Trinajstić information content (AvgIpc) is 2.46. The monoisotopic (exact) mass is 342 g/mol. The van der Waals surface area contributed by atoms with Crippen LogP contribution < -0.4 is 5.32 Å². The Morgan fingerprint density at radius 3 is 2.17 bits per heavy atom. The van der Waals surface area contributed by atoms with E-state index in [0.29, 0.717) is 25.2 Å². The molecule has 1 amide bonds. The Bertz CT molecular complexity index is 636. The Labute approximate surface area is 136 Å². The standard InChI is InChI=1S/C15H22N2O5S/c1-3-17(4-2)23(21,22)11-14(18)16-13-8-5-12(6-9-13)7-10-15(19)20/h5-6,8-9H,3-4,7,10-11H2,1-2H3,(H,16,18)(H,19,20). The van der Waals surface area contributed by atoms with Crippen LogP contribution in [-0.4, -0.2) is 48.5 Å². The predicted molar refractivity (Wildman–Crippen MR) is 87.7 cm³/mol. The first kappa shape index (κ1) is 19.1. The molecule has 0 atom stereocenters. The molecule has 1 rings (SSSR count). The Hall–Kier alpha value is -1.93. The van der Waals surface area contributed by atoms with E-state index >= 15 is 0 Å². The van der Waals surface area contributed by atoms with Crippen LogP contribution >= 0.6 is 0 Å². The van der Waals surface area contributed by atoms with Crippen molar-refractivity contribution in [3.05, 3.63) is 29.8 Å². The lowest BCUT2D eigenvalue weighted by Gasteiger charge is -2.17. The fourth-order valence-corrected chi connectivity index (χ4v) is 3.45. The van der Waals surface area contributed by atoms with Gasteiger partial charge in [-0.05, 0) is 24.1 Å². The van der Waals surface area contributed by atoms with Crippen molar-refractivity contribution in [2.75, 3.05) is 24.2 Å². The summed E-state index contributed by atoms with van der Waals surface area (Å²) in [5, 5.41) is 11.2. The van der Waals surface area contributed by atoms with E-state index in [-0.39, 0.29) is 6.42 Å². The number of carbonyl (C=O) groups is 2. The summed E-state index contributed by atoms with van der Waals surface area (Å²) in [6.07, 6.45) is 0.438. The van der Waals surface area contributed by atoms with Gasteiger partial charge in [-0.2, -0.15) is 0 Å². The quantitative estimate of drug-likeness (QED) is 0.704. The first-order valence-electron chi connectivity index (χ1n) is 7.37. The highest BCUT2D eigenvalue weighted by Gasteiger charge is 2.22. The van der Waals surface area contributed by atoms with Crippen LogP contribution in [0.25, 0.3) is 0 Å². The topological polar surface area (TPSA) is 104 Å². The number of carboxylic acids is 1. The molecule has 0 saturated carbocycles. The number of carbonyl (C=O) groups excluding carboxylic acids is 1. The van der Waals surface area contributed by atoms with Crippen molar-refractivity contribution in [1.82, 2.24) is 4.31 Å². The zero-order valence-electron chi connectivity index (χ0n) is 13.3. The molecule has 0 aliphatic rings. The maximum Gasteiger partial charge on any atom is 0.303 e. The second-order valence-electron chi connectivity index (χ2n) is 4.98. The second kappa shape index (κ2) is 8.64. The van der Waals surface area contributed by atoms with Crippen LogP contribution in [0.4, 0.5) is 5.69 Å². The van der Waals surface area contributed by atoms with E-state index in [1.165, 1.54) is 4.31 Å². The highest BCUT2D eigenvalue weighted by Crippen LogP contribution is 2.12. The fourth-order valence-electron chi connectivity index (χ4n) is 2.08. The van der Waals surface area contributed by atoms with E-state index in [2.05, 4.69) is 5.32 Å². The zero-order chi connectivity index (χ0) is 17.5. The van der Waals surface area contributed by atoms with Crippen LogP contribution in [0, 0.1) is 0 Å². The summed E-state index contributed by atoms with van der Waals surface area (Å²) in [7, 11) is -3.61. The lowest BCUT2D eigenvalue weighted by Crippen LogP contribution is -2.36. The number of rotatable bonds is 9. The molecule has 8 heteroatoms. The number of hydrogen-bond donors (Lipinski definition) is 2. The van der Waals surface area contributed by atoms with Crippen LogP contribution in [0.1, 0.15) is 25.8 Å². The van der Waals surface area contributed by atoms with Gasteiger partial charge in [-0.25, -0.2) is 12.7 Å². The third-order valence-electron chi connectivity index (χ3n) is 3.28. The minimum absolute atomic E-state index is 0.0355. The molecule has 0 heterocycles. The smallest absolute Gasteiger partial charge is 0.303 e. The van der Waals surface area contributed by atoms with Gasteiger partial charge in [-0.1, -0.05) is 26.0 Å². The molecule has 23 heavy (non-hydrogen) atoms. The number of sulfonamides is 1. The summed E-state index contributed by atoms with van der Waals surface area (Å²) in [6.45, 7) is 4.08. The van der Waals surface area contributed by atoms with Crippen LogP contribution in [0.3, 0.4) is 0 Å². The van der Waals surface area contributed by atoms with Gasteiger partial charge in [0.1, 0.15) is 5.75 Å². The number of aliphatic carboxylic acids is 1. The minimum atomic E-state index is -3.61. The number of aryl methyl sites for hydroxylation is 1. The Morgan fingerprint density at radius 1 is 1.13 bits per heavy atom. The molecule has 128 valence electrons. The van der Waals surface area contributed by atoms with Crippen molar-refractivity contribution >= 4 is 27.6 Å². The van der Waals surface area contributed by atoms with Gasteiger partial charge in [-0.15, -0.1) is 0 Å². The van der Waals surface area contributed by atoms with E-state index in [0.717, 1.165) is 5.56 Å². The largest absolute Gasteiger partial charge is 0.481 e. The number of amides is 1. The molecule has 0 saturated heterocycles. The van der Waals surface area contributed by atoms with Crippen LogP contribution in [0.5, 0.6) is 0 Å². The Morgan fingerprint density at radius 2 is 1.70 bits per heavy atom. The molecule has 7 nitrogen and oxygen atoms in total.